The second kappa shape index (κ2) is 12.1. The number of ketones is 2. The highest BCUT2D eigenvalue weighted by Crippen LogP contribution is 2.29. The van der Waals surface area contributed by atoms with Crippen LogP contribution in [0.15, 0.2) is 59.9 Å². The summed E-state index contributed by atoms with van der Waals surface area (Å²) in [5.74, 6) is 1.17. The fourth-order valence-corrected chi connectivity index (χ4v) is 3.01. The van der Waals surface area contributed by atoms with Crippen LogP contribution in [-0.2, 0) is 9.59 Å². The van der Waals surface area contributed by atoms with Crippen LogP contribution >= 0.6 is 0 Å². The largest absolute Gasteiger partial charge is 0.508 e. The molecule has 2 aromatic carbocycles. The molecular weight excluding hydrogens is 424 g/mol. The molecule has 7 nitrogen and oxygen atoms in total. The van der Waals surface area contributed by atoms with Gasteiger partial charge in [0.2, 0.25) is 0 Å². The molecule has 0 bridgehead atoms. The van der Waals surface area contributed by atoms with Crippen LogP contribution in [0.4, 0.5) is 0 Å². The molecule has 0 aromatic heterocycles. The predicted octanol–water partition coefficient (Wildman–Crippen LogP) is 4.81. The minimum Gasteiger partial charge on any atom is -0.508 e. The Morgan fingerprint density at radius 1 is 0.758 bits per heavy atom. The molecular formula is C26H28O7. The monoisotopic (exact) mass is 452 g/mol. The third-order valence-electron chi connectivity index (χ3n) is 4.71. The third-order valence-corrected chi connectivity index (χ3v) is 4.71. The molecule has 0 aliphatic heterocycles. The lowest BCUT2D eigenvalue weighted by Crippen LogP contribution is -2.06. The molecule has 0 heterocycles. The van der Waals surface area contributed by atoms with Gasteiger partial charge >= 0.3 is 0 Å². The lowest BCUT2D eigenvalue weighted by Gasteiger charge is -2.08. The average molecular weight is 453 g/mol. The maximum absolute atomic E-state index is 12.8. The molecule has 174 valence electrons. The van der Waals surface area contributed by atoms with Crippen molar-refractivity contribution in [3.05, 3.63) is 71.0 Å². The molecule has 1 N–H and O–H groups in total. The van der Waals surface area contributed by atoms with Gasteiger partial charge in [-0.15, -0.1) is 0 Å². The van der Waals surface area contributed by atoms with Gasteiger partial charge in [-0.05, 0) is 54.5 Å². The van der Waals surface area contributed by atoms with E-state index >= 15 is 0 Å². The van der Waals surface area contributed by atoms with E-state index in [9.17, 15) is 14.7 Å². The van der Waals surface area contributed by atoms with Crippen molar-refractivity contribution in [3.63, 3.8) is 0 Å². The topological polar surface area (TPSA) is 91.3 Å². The van der Waals surface area contributed by atoms with Crippen molar-refractivity contribution in [2.45, 2.75) is 13.3 Å². The molecule has 0 fully saturated rings. The van der Waals surface area contributed by atoms with Crippen molar-refractivity contribution in [1.29, 1.82) is 0 Å². The number of ether oxygens (including phenoxy) is 4. The Morgan fingerprint density at radius 3 is 1.64 bits per heavy atom. The Labute approximate surface area is 193 Å². The SMILES string of the molecule is COc1ccc(/C=C/C(=O)/C(CC(C)=O)=C(O)/C=C/c2ccc(OC)c(OC)c2)cc1OC. The molecule has 2 aromatic rings. The highest BCUT2D eigenvalue weighted by Gasteiger charge is 2.14. The van der Waals surface area contributed by atoms with Crippen molar-refractivity contribution in [1.82, 2.24) is 0 Å². The fourth-order valence-electron chi connectivity index (χ4n) is 3.01. The van der Waals surface area contributed by atoms with E-state index in [0.717, 1.165) is 5.56 Å². The van der Waals surface area contributed by atoms with Crippen molar-refractivity contribution >= 4 is 23.7 Å². The number of hydrogen-bond acceptors (Lipinski definition) is 7. The molecule has 0 amide bonds. The Bertz CT molecular complexity index is 1090. The Hall–Kier alpha value is -4.00. The van der Waals surface area contributed by atoms with Gasteiger partial charge in [0.25, 0.3) is 0 Å². The summed E-state index contributed by atoms with van der Waals surface area (Å²) in [5.41, 5.74) is 1.41. The van der Waals surface area contributed by atoms with E-state index in [1.807, 2.05) is 0 Å². The molecule has 2 rings (SSSR count). The van der Waals surface area contributed by atoms with Crippen LogP contribution in [0, 0.1) is 0 Å². The summed E-state index contributed by atoms with van der Waals surface area (Å²) in [4.78, 5) is 24.5. The fraction of sp³-hybridized carbons (Fsp3) is 0.231. The third kappa shape index (κ3) is 7.00. The van der Waals surface area contributed by atoms with Gasteiger partial charge in [-0.3, -0.25) is 9.59 Å². The van der Waals surface area contributed by atoms with E-state index in [4.69, 9.17) is 18.9 Å². The number of allylic oxidation sites excluding steroid dienone is 3. The highest BCUT2D eigenvalue weighted by atomic mass is 16.5. The molecule has 0 radical (unpaired) electrons. The van der Waals surface area contributed by atoms with Gasteiger partial charge in [-0.1, -0.05) is 24.3 Å². The van der Waals surface area contributed by atoms with Crippen LogP contribution in [0.2, 0.25) is 0 Å². The first kappa shape index (κ1) is 25.3. The predicted molar refractivity (Wildman–Crippen MR) is 127 cm³/mol. The highest BCUT2D eigenvalue weighted by molar-refractivity contribution is 6.09. The number of methoxy groups -OCH3 is 4. The lowest BCUT2D eigenvalue weighted by atomic mass is 10.0. The van der Waals surface area contributed by atoms with E-state index in [1.54, 1.807) is 48.6 Å². The normalized spacial score (nSPS) is 11.9. The summed E-state index contributed by atoms with van der Waals surface area (Å²) < 4.78 is 20.9. The second-order valence-corrected chi connectivity index (χ2v) is 7.00. The summed E-state index contributed by atoms with van der Waals surface area (Å²) in [6.07, 6.45) is 5.68. The zero-order valence-electron chi connectivity index (χ0n) is 19.4. The van der Waals surface area contributed by atoms with E-state index < -0.39 is 5.78 Å². The van der Waals surface area contributed by atoms with Crippen LogP contribution in [0.25, 0.3) is 12.2 Å². The molecule has 0 spiro atoms. The first-order chi connectivity index (χ1) is 15.8. The number of carbonyl (C=O) groups excluding carboxylic acids is 2. The Balaban J connectivity index is 2.31. The first-order valence-electron chi connectivity index (χ1n) is 10.1. The molecule has 0 unspecified atom stereocenters. The molecule has 0 atom stereocenters. The minimum absolute atomic E-state index is 0.00375. The zero-order valence-corrected chi connectivity index (χ0v) is 19.4. The summed E-state index contributed by atoms with van der Waals surface area (Å²) in [5, 5.41) is 10.6. The molecule has 0 aliphatic carbocycles. The number of benzene rings is 2. The lowest BCUT2D eigenvalue weighted by molar-refractivity contribution is -0.118. The first-order valence-corrected chi connectivity index (χ1v) is 10.1. The number of carbonyl (C=O) groups is 2. The van der Waals surface area contributed by atoms with Gasteiger partial charge in [-0.25, -0.2) is 0 Å². The number of rotatable bonds is 11. The van der Waals surface area contributed by atoms with Crippen molar-refractivity contribution in [2.24, 2.45) is 0 Å². The molecule has 33 heavy (non-hydrogen) atoms. The second-order valence-electron chi connectivity index (χ2n) is 7.00. The van der Waals surface area contributed by atoms with Crippen LogP contribution < -0.4 is 18.9 Å². The average Bonchev–Trinajstić information content (AvgIpc) is 2.83. The van der Waals surface area contributed by atoms with Gasteiger partial charge in [0.1, 0.15) is 11.5 Å². The van der Waals surface area contributed by atoms with E-state index in [2.05, 4.69) is 0 Å². The minimum atomic E-state index is -0.477. The van der Waals surface area contributed by atoms with Gasteiger partial charge in [0.15, 0.2) is 28.8 Å². The Morgan fingerprint density at radius 2 is 1.21 bits per heavy atom. The van der Waals surface area contributed by atoms with Crippen molar-refractivity contribution < 1.29 is 33.6 Å². The standard InChI is InChI=1S/C26H28O7/c1-17(27)14-20(21(28)10-6-18-8-12-23(30-2)25(15-18)32-4)22(29)11-7-19-9-13-24(31-3)26(16-19)33-5/h6-13,15-16,28H,14H2,1-5H3/b10-6+,11-7+,21-20-. The van der Waals surface area contributed by atoms with E-state index in [-0.39, 0.29) is 23.5 Å². The smallest absolute Gasteiger partial charge is 0.185 e. The van der Waals surface area contributed by atoms with E-state index in [0.29, 0.717) is 28.6 Å². The number of Topliss-reactive ketones (excluding diaryl/α,β-unsaturated/α-hetero) is 1. The summed E-state index contributed by atoms with van der Waals surface area (Å²) in [7, 11) is 6.12. The maximum Gasteiger partial charge on any atom is 0.185 e. The van der Waals surface area contributed by atoms with Gasteiger partial charge < -0.3 is 24.1 Å². The summed E-state index contributed by atoms with van der Waals surface area (Å²) >= 11 is 0. The van der Waals surface area contributed by atoms with Crippen LogP contribution in [0.1, 0.15) is 24.5 Å². The van der Waals surface area contributed by atoms with Gasteiger partial charge in [0, 0.05) is 12.0 Å². The number of hydrogen-bond donors (Lipinski definition) is 1. The Kier molecular flexibility index (Phi) is 9.30. The molecule has 0 saturated heterocycles. The molecule has 0 aliphatic rings. The van der Waals surface area contributed by atoms with Gasteiger partial charge in [0.05, 0.1) is 28.4 Å². The quantitative estimate of drug-likeness (QED) is 0.297. The molecule has 7 heteroatoms. The number of aliphatic hydroxyl groups excluding tert-OH is 1. The van der Waals surface area contributed by atoms with Gasteiger partial charge in [-0.2, -0.15) is 0 Å². The number of aliphatic hydroxyl groups is 1. The summed E-state index contributed by atoms with van der Waals surface area (Å²) in [6.45, 7) is 1.36. The maximum atomic E-state index is 12.8. The van der Waals surface area contributed by atoms with Crippen LogP contribution in [-0.4, -0.2) is 45.1 Å². The zero-order chi connectivity index (χ0) is 24.4. The van der Waals surface area contributed by atoms with Crippen molar-refractivity contribution in [2.75, 3.05) is 28.4 Å². The summed E-state index contributed by atoms with van der Waals surface area (Å²) in [6, 6.07) is 10.4. The molecule has 0 saturated carbocycles. The van der Waals surface area contributed by atoms with Crippen LogP contribution in [0.3, 0.4) is 0 Å². The van der Waals surface area contributed by atoms with Crippen molar-refractivity contribution in [3.8, 4) is 23.0 Å². The van der Waals surface area contributed by atoms with Crippen LogP contribution in [0.5, 0.6) is 23.0 Å². The van der Waals surface area contributed by atoms with E-state index in [1.165, 1.54) is 47.5 Å².